The number of hydrogen-bond donors (Lipinski definition) is 0. The van der Waals surface area contributed by atoms with Gasteiger partial charge < -0.3 is 9.47 Å². The van der Waals surface area contributed by atoms with E-state index in [0.29, 0.717) is 0 Å². The topological polar surface area (TPSA) is 8.17 Å². The highest BCUT2D eigenvalue weighted by Crippen LogP contribution is 2.61. The van der Waals surface area contributed by atoms with Crippen LogP contribution in [-0.2, 0) is 5.41 Å². The van der Waals surface area contributed by atoms with E-state index >= 15 is 0 Å². The van der Waals surface area contributed by atoms with Crippen molar-refractivity contribution in [3.8, 4) is 50.2 Å². The molecule has 0 bridgehead atoms. The molecular weight excluding hydrogens is 809 g/mol. The zero-order valence-electron chi connectivity index (χ0n) is 36.6. The van der Waals surface area contributed by atoms with E-state index in [2.05, 4.69) is 264 Å². The number of aromatic nitrogens is 1. The molecule has 1 aliphatic heterocycles. The summed E-state index contributed by atoms with van der Waals surface area (Å²) in [6.45, 7) is 0. The molecular formula is C65H42N2. The van der Waals surface area contributed by atoms with Gasteiger partial charge in [-0.2, -0.15) is 0 Å². The molecule has 312 valence electrons. The lowest BCUT2D eigenvalue weighted by molar-refractivity contribution is 0.748. The van der Waals surface area contributed by atoms with E-state index in [4.69, 9.17) is 0 Å². The molecule has 1 aliphatic carbocycles. The average molecular weight is 851 g/mol. The van der Waals surface area contributed by atoms with Gasteiger partial charge >= 0.3 is 0 Å². The Labute approximate surface area is 389 Å². The molecule has 0 fully saturated rings. The van der Waals surface area contributed by atoms with Crippen molar-refractivity contribution in [1.29, 1.82) is 0 Å². The first kappa shape index (κ1) is 37.6. The fourth-order valence-electron chi connectivity index (χ4n) is 11.8. The monoisotopic (exact) mass is 850 g/mol. The lowest BCUT2D eigenvalue weighted by Gasteiger charge is -2.39. The van der Waals surface area contributed by atoms with E-state index in [-0.39, 0.29) is 0 Å². The first-order chi connectivity index (χ1) is 33.3. The van der Waals surface area contributed by atoms with Crippen molar-refractivity contribution in [2.45, 2.75) is 5.41 Å². The molecule has 2 nitrogen and oxygen atoms in total. The SMILES string of the molecule is c1ccc(-c2cccc(-c3ccccc3N(c3ccc(-c4cccc5ccccc45)cc3)c3ccc4c(c3)c3cccc5c3n4-c3ccccc3C53c4ccccc4-c4ccccc43)c2)cc1. The summed E-state index contributed by atoms with van der Waals surface area (Å²) in [6.07, 6.45) is 0. The van der Waals surface area contributed by atoms with Gasteiger partial charge in [0, 0.05) is 27.7 Å². The van der Waals surface area contributed by atoms with Gasteiger partial charge in [-0.1, -0.05) is 206 Å². The Morgan fingerprint density at radius 3 is 1.70 bits per heavy atom. The molecule has 1 aromatic heterocycles. The zero-order chi connectivity index (χ0) is 44.1. The number of anilines is 3. The van der Waals surface area contributed by atoms with Crippen LogP contribution >= 0.6 is 0 Å². The van der Waals surface area contributed by atoms with Gasteiger partial charge in [0.1, 0.15) is 0 Å². The molecule has 2 aliphatic rings. The molecule has 0 saturated heterocycles. The number of rotatable bonds is 6. The van der Waals surface area contributed by atoms with Crippen LogP contribution in [0.4, 0.5) is 17.1 Å². The van der Waals surface area contributed by atoms with Gasteiger partial charge in [-0.05, 0) is 121 Å². The lowest BCUT2D eigenvalue weighted by atomic mass is 9.65. The molecule has 2 heterocycles. The van der Waals surface area contributed by atoms with Gasteiger partial charge in [-0.15, -0.1) is 0 Å². The van der Waals surface area contributed by atoms with Crippen molar-refractivity contribution in [2.24, 2.45) is 0 Å². The molecule has 1 spiro atoms. The summed E-state index contributed by atoms with van der Waals surface area (Å²) in [5.74, 6) is 0. The maximum absolute atomic E-state index is 2.54. The maximum Gasteiger partial charge on any atom is 0.0754 e. The summed E-state index contributed by atoms with van der Waals surface area (Å²) in [5.41, 5.74) is 21.6. The third-order valence-electron chi connectivity index (χ3n) is 14.6. The molecule has 0 atom stereocenters. The van der Waals surface area contributed by atoms with Gasteiger partial charge in [0.2, 0.25) is 0 Å². The summed E-state index contributed by atoms with van der Waals surface area (Å²) < 4.78 is 2.54. The van der Waals surface area contributed by atoms with Crippen molar-refractivity contribution in [2.75, 3.05) is 4.90 Å². The van der Waals surface area contributed by atoms with Crippen molar-refractivity contribution in [3.05, 3.63) is 277 Å². The Balaban J connectivity index is 1.00. The summed E-state index contributed by atoms with van der Waals surface area (Å²) in [7, 11) is 0. The first-order valence-corrected chi connectivity index (χ1v) is 23.3. The number of benzene rings is 11. The minimum Gasteiger partial charge on any atom is -0.310 e. The molecule has 0 N–H and O–H groups in total. The molecule has 12 aromatic rings. The van der Waals surface area contributed by atoms with Gasteiger partial charge in [0.05, 0.1) is 27.8 Å². The number of nitrogens with zero attached hydrogens (tertiary/aromatic N) is 2. The van der Waals surface area contributed by atoms with Crippen LogP contribution < -0.4 is 4.90 Å². The predicted molar refractivity (Wildman–Crippen MR) is 280 cm³/mol. The molecule has 0 amide bonds. The summed E-state index contributed by atoms with van der Waals surface area (Å²) >= 11 is 0. The molecule has 2 heteroatoms. The number of hydrogen-bond acceptors (Lipinski definition) is 1. The van der Waals surface area contributed by atoms with Gasteiger partial charge in [-0.25, -0.2) is 0 Å². The zero-order valence-corrected chi connectivity index (χ0v) is 36.6. The standard InChI is InChI=1S/C65H42N2/c1-2-17-43(18-3-1)46-21-14-22-47(41-46)52-24-8-12-33-61(52)66(48-37-35-45(36-38-48)51-27-15-20-44-19-4-5-23-50(44)51)49-39-40-62-56(42-49)55-28-16-32-60-64(55)67(62)63-34-13-11-31-59(63)65(60)57-29-9-6-25-53(57)54-26-7-10-30-58(54)65/h1-42H. The highest BCUT2D eigenvalue weighted by atomic mass is 15.1. The Morgan fingerprint density at radius 2 is 0.881 bits per heavy atom. The quantitative estimate of drug-likeness (QED) is 0.162. The molecule has 67 heavy (non-hydrogen) atoms. The summed E-state index contributed by atoms with van der Waals surface area (Å²) in [6, 6.07) is 94.3. The van der Waals surface area contributed by atoms with Gasteiger partial charge in [-0.3, -0.25) is 0 Å². The predicted octanol–water partition coefficient (Wildman–Crippen LogP) is 17.1. The van der Waals surface area contributed by atoms with Crippen molar-refractivity contribution >= 4 is 49.6 Å². The fraction of sp³-hybridized carbons (Fsp3) is 0.0154. The Hall–Kier alpha value is -8.72. The average Bonchev–Trinajstić information content (AvgIpc) is 3.89. The second-order valence-electron chi connectivity index (χ2n) is 18.0. The Kier molecular flexibility index (Phi) is 8.23. The first-order valence-electron chi connectivity index (χ1n) is 23.3. The van der Waals surface area contributed by atoms with Crippen LogP contribution in [0.25, 0.3) is 82.8 Å². The molecule has 0 unspecified atom stereocenters. The third kappa shape index (κ3) is 5.45. The molecule has 11 aromatic carbocycles. The van der Waals surface area contributed by atoms with Crippen LogP contribution in [0.2, 0.25) is 0 Å². The summed E-state index contributed by atoms with van der Waals surface area (Å²) in [5, 5.41) is 4.97. The summed E-state index contributed by atoms with van der Waals surface area (Å²) in [4.78, 5) is 2.46. The maximum atomic E-state index is 2.54. The van der Waals surface area contributed by atoms with E-state index in [0.717, 1.165) is 22.6 Å². The Morgan fingerprint density at radius 1 is 0.313 bits per heavy atom. The minimum absolute atomic E-state index is 0.457. The van der Waals surface area contributed by atoms with E-state index in [1.165, 1.54) is 99.5 Å². The van der Waals surface area contributed by atoms with Crippen LogP contribution in [0.3, 0.4) is 0 Å². The van der Waals surface area contributed by atoms with Crippen LogP contribution in [0, 0.1) is 0 Å². The van der Waals surface area contributed by atoms with E-state index < -0.39 is 5.41 Å². The third-order valence-corrected chi connectivity index (χ3v) is 14.6. The Bertz CT molecular complexity index is 3880. The van der Waals surface area contributed by atoms with Crippen molar-refractivity contribution < 1.29 is 0 Å². The second-order valence-corrected chi connectivity index (χ2v) is 18.0. The largest absolute Gasteiger partial charge is 0.310 e. The van der Waals surface area contributed by atoms with Crippen LogP contribution in [0.1, 0.15) is 22.3 Å². The van der Waals surface area contributed by atoms with Crippen LogP contribution in [-0.4, -0.2) is 4.57 Å². The highest BCUT2D eigenvalue weighted by Gasteiger charge is 2.50. The fourth-order valence-corrected chi connectivity index (χ4v) is 11.8. The van der Waals surface area contributed by atoms with Crippen LogP contribution in [0.5, 0.6) is 0 Å². The molecule has 0 radical (unpaired) electrons. The highest BCUT2D eigenvalue weighted by molar-refractivity contribution is 6.14. The molecule has 0 saturated carbocycles. The number of fused-ring (bicyclic) bond motifs is 13. The minimum atomic E-state index is -0.457. The van der Waals surface area contributed by atoms with E-state index in [9.17, 15) is 0 Å². The van der Waals surface area contributed by atoms with E-state index in [1.807, 2.05) is 0 Å². The number of para-hydroxylation sites is 3. The smallest absolute Gasteiger partial charge is 0.0754 e. The van der Waals surface area contributed by atoms with Gasteiger partial charge in [0.15, 0.2) is 0 Å². The van der Waals surface area contributed by atoms with Gasteiger partial charge in [0.25, 0.3) is 0 Å². The van der Waals surface area contributed by atoms with Crippen molar-refractivity contribution in [3.63, 3.8) is 0 Å². The second kappa shape index (κ2) is 14.7. The normalized spacial score (nSPS) is 12.9. The van der Waals surface area contributed by atoms with E-state index in [1.54, 1.807) is 0 Å². The van der Waals surface area contributed by atoms with Crippen LogP contribution in [0.15, 0.2) is 255 Å². The van der Waals surface area contributed by atoms with Crippen molar-refractivity contribution in [1.82, 2.24) is 4.57 Å². The lowest BCUT2D eigenvalue weighted by Crippen LogP contribution is -2.33. The molecule has 14 rings (SSSR count).